The number of piperazine rings is 1. The summed E-state index contributed by atoms with van der Waals surface area (Å²) in [7, 11) is 1.67. The number of ether oxygens (including phenoxy) is 1. The summed E-state index contributed by atoms with van der Waals surface area (Å²) in [5, 5.41) is 11.8. The van der Waals surface area contributed by atoms with Gasteiger partial charge in [-0.1, -0.05) is 30.3 Å². The molecule has 3 aromatic rings. The van der Waals surface area contributed by atoms with Gasteiger partial charge in [0.1, 0.15) is 5.75 Å². The van der Waals surface area contributed by atoms with E-state index in [1.165, 1.54) is 5.56 Å². The predicted octanol–water partition coefficient (Wildman–Crippen LogP) is 3.03. The van der Waals surface area contributed by atoms with Gasteiger partial charge < -0.3 is 14.8 Å². The van der Waals surface area contributed by atoms with Crippen molar-refractivity contribution in [1.82, 2.24) is 14.8 Å². The predicted molar refractivity (Wildman–Crippen MR) is 108 cm³/mol. The number of hydrogen-bond donors (Lipinski definition) is 2. The molecule has 1 atom stereocenters. The van der Waals surface area contributed by atoms with Crippen molar-refractivity contribution in [2.75, 3.05) is 39.8 Å². The van der Waals surface area contributed by atoms with Crippen LogP contribution in [0.15, 0.2) is 54.7 Å². The zero-order chi connectivity index (χ0) is 18.6. The molecule has 0 bridgehead atoms. The lowest BCUT2D eigenvalue weighted by molar-refractivity contribution is 0.0707. The maximum Gasteiger partial charge on any atom is 0.119 e. The minimum absolute atomic E-state index is 0.508. The van der Waals surface area contributed by atoms with E-state index < -0.39 is 6.10 Å². The second-order valence-corrected chi connectivity index (χ2v) is 7.23. The topological polar surface area (TPSA) is 51.7 Å². The van der Waals surface area contributed by atoms with Gasteiger partial charge >= 0.3 is 0 Å². The highest BCUT2D eigenvalue weighted by atomic mass is 16.5. The maximum atomic E-state index is 10.8. The molecule has 5 heteroatoms. The number of aliphatic hydroxyl groups excluding tert-OH is 1. The van der Waals surface area contributed by atoms with Crippen molar-refractivity contribution in [1.29, 1.82) is 0 Å². The number of aromatic nitrogens is 1. The zero-order valence-electron chi connectivity index (χ0n) is 15.8. The van der Waals surface area contributed by atoms with E-state index in [-0.39, 0.29) is 0 Å². The Morgan fingerprint density at radius 3 is 2.52 bits per heavy atom. The third-order valence-corrected chi connectivity index (χ3v) is 5.42. The largest absolute Gasteiger partial charge is 0.497 e. The molecular formula is C22H27N3O2. The Hall–Kier alpha value is -2.34. The number of methoxy groups -OCH3 is 1. The van der Waals surface area contributed by atoms with E-state index in [0.29, 0.717) is 6.54 Å². The van der Waals surface area contributed by atoms with Crippen LogP contribution in [0.1, 0.15) is 17.2 Å². The molecule has 2 heterocycles. The SMILES string of the molecule is COc1ccc2[nH]cc([C@H](O)CN3CCN(Cc4ccccc4)CC3)c2c1. The van der Waals surface area contributed by atoms with Crippen molar-refractivity contribution in [3.63, 3.8) is 0 Å². The number of nitrogens with zero attached hydrogens (tertiary/aromatic N) is 2. The smallest absolute Gasteiger partial charge is 0.119 e. The van der Waals surface area contributed by atoms with Crippen molar-refractivity contribution in [3.05, 3.63) is 65.9 Å². The van der Waals surface area contributed by atoms with Crippen molar-refractivity contribution >= 4 is 10.9 Å². The van der Waals surface area contributed by atoms with Gasteiger partial charge in [-0.15, -0.1) is 0 Å². The van der Waals surface area contributed by atoms with Crippen molar-refractivity contribution in [2.45, 2.75) is 12.6 Å². The minimum atomic E-state index is -0.508. The van der Waals surface area contributed by atoms with E-state index in [0.717, 1.165) is 54.9 Å². The molecule has 142 valence electrons. The molecule has 2 N–H and O–H groups in total. The average molecular weight is 365 g/mol. The van der Waals surface area contributed by atoms with Gasteiger partial charge in [0, 0.05) is 61.9 Å². The molecule has 0 aliphatic carbocycles. The average Bonchev–Trinajstić information content (AvgIpc) is 3.13. The first-order valence-corrected chi connectivity index (χ1v) is 9.54. The molecule has 0 amide bonds. The van der Waals surface area contributed by atoms with Crippen LogP contribution >= 0.6 is 0 Å². The van der Waals surface area contributed by atoms with Gasteiger partial charge in [-0.05, 0) is 23.8 Å². The van der Waals surface area contributed by atoms with Crippen LogP contribution in [0.2, 0.25) is 0 Å². The van der Waals surface area contributed by atoms with Gasteiger partial charge in [-0.2, -0.15) is 0 Å². The van der Waals surface area contributed by atoms with Crippen LogP contribution in [0.3, 0.4) is 0 Å². The van der Waals surface area contributed by atoms with E-state index in [2.05, 4.69) is 45.1 Å². The van der Waals surface area contributed by atoms with Crippen LogP contribution in [0, 0.1) is 0 Å². The number of aromatic amines is 1. The third-order valence-electron chi connectivity index (χ3n) is 5.42. The number of H-pyrrole nitrogens is 1. The summed E-state index contributed by atoms with van der Waals surface area (Å²) in [4.78, 5) is 8.08. The molecule has 0 unspecified atom stereocenters. The Bertz CT molecular complexity index is 870. The van der Waals surface area contributed by atoms with E-state index in [4.69, 9.17) is 4.74 Å². The van der Waals surface area contributed by atoms with Crippen molar-refractivity contribution < 1.29 is 9.84 Å². The van der Waals surface area contributed by atoms with Gasteiger partial charge in [0.15, 0.2) is 0 Å². The Morgan fingerprint density at radius 1 is 1.04 bits per heavy atom. The molecule has 0 spiro atoms. The second-order valence-electron chi connectivity index (χ2n) is 7.23. The third kappa shape index (κ3) is 4.16. The van der Waals surface area contributed by atoms with Gasteiger partial charge in [-0.25, -0.2) is 0 Å². The molecule has 27 heavy (non-hydrogen) atoms. The first-order valence-electron chi connectivity index (χ1n) is 9.54. The van der Waals surface area contributed by atoms with Crippen molar-refractivity contribution in [3.8, 4) is 5.75 Å². The summed E-state index contributed by atoms with van der Waals surface area (Å²) in [6.45, 7) is 5.68. The molecule has 1 aromatic heterocycles. The summed E-state index contributed by atoms with van der Waals surface area (Å²) in [5.74, 6) is 0.810. The van der Waals surface area contributed by atoms with E-state index in [9.17, 15) is 5.11 Å². The van der Waals surface area contributed by atoms with Gasteiger partial charge in [0.05, 0.1) is 13.2 Å². The minimum Gasteiger partial charge on any atom is -0.497 e. The fraction of sp³-hybridized carbons (Fsp3) is 0.364. The molecule has 0 saturated carbocycles. The molecule has 0 radical (unpaired) electrons. The lowest BCUT2D eigenvalue weighted by Crippen LogP contribution is -2.47. The number of rotatable bonds is 6. The highest BCUT2D eigenvalue weighted by Gasteiger charge is 2.21. The lowest BCUT2D eigenvalue weighted by Gasteiger charge is -2.35. The van der Waals surface area contributed by atoms with Gasteiger partial charge in [-0.3, -0.25) is 9.80 Å². The molecule has 1 fully saturated rings. The molecule has 2 aromatic carbocycles. The number of fused-ring (bicyclic) bond motifs is 1. The standard InChI is InChI=1S/C22H27N3O2/c1-27-18-7-8-21-19(13-18)20(14-23-21)22(26)16-25-11-9-24(10-12-25)15-17-5-3-2-4-6-17/h2-8,13-14,22-23,26H,9-12,15-16H2,1H3/t22-/m1/s1. The molecule has 1 saturated heterocycles. The van der Waals surface area contributed by atoms with E-state index in [1.54, 1.807) is 7.11 Å². The van der Waals surface area contributed by atoms with Gasteiger partial charge in [0.25, 0.3) is 0 Å². The zero-order valence-corrected chi connectivity index (χ0v) is 15.8. The quantitative estimate of drug-likeness (QED) is 0.705. The second kappa shape index (κ2) is 8.13. The molecule has 1 aliphatic rings. The first-order chi connectivity index (χ1) is 13.2. The molecular weight excluding hydrogens is 338 g/mol. The van der Waals surface area contributed by atoms with Gasteiger partial charge in [0.2, 0.25) is 0 Å². The monoisotopic (exact) mass is 365 g/mol. The maximum absolute atomic E-state index is 10.8. The van der Waals surface area contributed by atoms with Crippen LogP contribution in [0.25, 0.3) is 10.9 Å². The first kappa shape index (κ1) is 18.0. The number of β-amino-alcohol motifs (C(OH)–C–C–N with tert-alkyl or cyclic N) is 1. The Kier molecular flexibility index (Phi) is 5.43. The highest BCUT2D eigenvalue weighted by Crippen LogP contribution is 2.28. The lowest BCUT2D eigenvalue weighted by atomic mass is 10.1. The molecule has 1 aliphatic heterocycles. The number of hydrogen-bond acceptors (Lipinski definition) is 4. The number of benzene rings is 2. The summed E-state index contributed by atoms with van der Waals surface area (Å²) in [6.07, 6.45) is 1.41. The van der Waals surface area contributed by atoms with Crippen molar-refractivity contribution in [2.24, 2.45) is 0 Å². The normalized spacial score (nSPS) is 17.3. The van der Waals surface area contributed by atoms with Crippen LogP contribution in [0.5, 0.6) is 5.75 Å². The summed E-state index contributed by atoms with van der Waals surface area (Å²) >= 11 is 0. The molecule has 4 rings (SSSR count). The molecule has 5 nitrogen and oxygen atoms in total. The number of nitrogens with one attached hydrogen (secondary N) is 1. The van der Waals surface area contributed by atoms with Crippen LogP contribution < -0.4 is 4.74 Å². The number of aliphatic hydroxyl groups is 1. The van der Waals surface area contributed by atoms with Crippen LogP contribution in [-0.4, -0.2) is 59.7 Å². The fourth-order valence-electron chi connectivity index (χ4n) is 3.84. The van der Waals surface area contributed by atoms with Crippen LogP contribution in [0.4, 0.5) is 0 Å². The summed E-state index contributed by atoms with van der Waals surface area (Å²) in [5.41, 5.74) is 3.33. The summed E-state index contributed by atoms with van der Waals surface area (Å²) in [6, 6.07) is 16.5. The Morgan fingerprint density at radius 2 is 1.78 bits per heavy atom. The highest BCUT2D eigenvalue weighted by molar-refractivity contribution is 5.85. The Balaban J connectivity index is 1.35. The van der Waals surface area contributed by atoms with E-state index in [1.807, 2.05) is 24.4 Å². The van der Waals surface area contributed by atoms with E-state index >= 15 is 0 Å². The Labute approximate surface area is 160 Å². The van der Waals surface area contributed by atoms with Crippen LogP contribution in [-0.2, 0) is 6.54 Å². The fourth-order valence-corrected chi connectivity index (χ4v) is 3.84. The summed E-state index contributed by atoms with van der Waals surface area (Å²) < 4.78 is 5.33.